The molecule has 0 saturated carbocycles. The lowest BCUT2D eigenvalue weighted by atomic mass is 10.0. The first kappa shape index (κ1) is 20.0. The lowest BCUT2D eigenvalue weighted by molar-refractivity contribution is 0.217. The average molecular weight is 426 g/mol. The van der Waals surface area contributed by atoms with Crippen molar-refractivity contribution in [3.8, 4) is 23.2 Å². The Kier molecular flexibility index (Phi) is 4.83. The molecule has 3 aromatic rings. The Morgan fingerprint density at radius 3 is 2.90 bits per heavy atom. The molecule has 0 saturated heterocycles. The van der Waals surface area contributed by atoms with Gasteiger partial charge in [0.25, 0.3) is 5.88 Å². The van der Waals surface area contributed by atoms with Crippen molar-refractivity contribution in [2.45, 2.75) is 25.4 Å². The van der Waals surface area contributed by atoms with Crippen molar-refractivity contribution in [2.24, 2.45) is 7.05 Å². The van der Waals surface area contributed by atoms with Crippen LogP contribution in [0.25, 0.3) is 11.3 Å². The maximum atomic E-state index is 14.0. The molecule has 0 spiro atoms. The van der Waals surface area contributed by atoms with Crippen LogP contribution in [0.3, 0.4) is 0 Å². The van der Waals surface area contributed by atoms with Crippen LogP contribution in [0, 0.1) is 17.1 Å². The number of ether oxygens (including phenoxy) is 1. The molecule has 8 nitrogen and oxygen atoms in total. The fourth-order valence-electron chi connectivity index (χ4n) is 3.73. The Bertz CT molecular complexity index is 1250. The van der Waals surface area contributed by atoms with Gasteiger partial charge < -0.3 is 15.0 Å². The first-order valence-corrected chi connectivity index (χ1v) is 11.8. The maximum absolute atomic E-state index is 14.0. The Hall–Kier alpha value is -3.24. The van der Waals surface area contributed by atoms with Crippen LogP contribution in [-0.2, 0) is 23.9 Å². The number of nitrogens with two attached hydrogens (primary N) is 1. The van der Waals surface area contributed by atoms with Crippen molar-refractivity contribution in [3.05, 3.63) is 52.7 Å². The predicted octanol–water partition coefficient (Wildman–Crippen LogP) is 3.62. The van der Waals surface area contributed by atoms with Gasteiger partial charge in [0, 0.05) is 19.4 Å². The molecule has 2 N–H and O–H groups in total. The van der Waals surface area contributed by atoms with Gasteiger partial charge in [-0.2, -0.15) is 10.4 Å². The van der Waals surface area contributed by atoms with Crippen LogP contribution in [0.15, 0.2) is 24.4 Å². The summed E-state index contributed by atoms with van der Waals surface area (Å²) in [5.41, 5.74) is 8.84. The van der Waals surface area contributed by atoms with Gasteiger partial charge in [-0.1, -0.05) is 6.07 Å². The van der Waals surface area contributed by atoms with Gasteiger partial charge in [-0.05, 0) is 36.8 Å². The molecule has 2 bridgehead atoms. The summed E-state index contributed by atoms with van der Waals surface area (Å²) in [6.45, 7) is 3.43. The van der Waals surface area contributed by atoms with Gasteiger partial charge in [-0.25, -0.2) is 14.4 Å². The molecule has 1 aromatic carbocycles. The summed E-state index contributed by atoms with van der Waals surface area (Å²) in [5.74, 6) is -0.263. The minimum atomic E-state index is -2.81. The summed E-state index contributed by atoms with van der Waals surface area (Å²) in [4.78, 5) is 8.62. The zero-order valence-electron chi connectivity index (χ0n) is 16.8. The minimum Gasteiger partial charge on any atom is -0.467 e. The van der Waals surface area contributed by atoms with E-state index < -0.39 is 19.1 Å². The Balaban J connectivity index is 1.98. The molecular formula is C20H20FN6O2P. The molecule has 154 valence electrons. The fraction of sp³-hybridized carbons (Fsp3) is 0.300. The van der Waals surface area contributed by atoms with Crippen LogP contribution in [0.2, 0.25) is 0 Å². The molecule has 30 heavy (non-hydrogen) atoms. The minimum absolute atomic E-state index is 0.0747. The van der Waals surface area contributed by atoms with Crippen molar-refractivity contribution >= 4 is 13.0 Å². The largest absolute Gasteiger partial charge is 0.467 e. The molecule has 1 aliphatic heterocycles. The lowest BCUT2D eigenvalue weighted by Gasteiger charge is -2.22. The normalized spacial score (nSPS) is 20.7. The molecule has 3 heterocycles. The summed E-state index contributed by atoms with van der Waals surface area (Å²) in [6, 6.07) is 6.46. The van der Waals surface area contributed by atoms with Crippen LogP contribution in [-0.4, -0.2) is 26.4 Å². The van der Waals surface area contributed by atoms with Gasteiger partial charge >= 0.3 is 0 Å². The quantitative estimate of drug-likeness (QED) is 0.545. The highest BCUT2D eigenvalue weighted by molar-refractivity contribution is 7.61. The smallest absolute Gasteiger partial charge is 0.258 e. The second-order valence-electron chi connectivity index (χ2n) is 7.57. The van der Waals surface area contributed by atoms with Crippen molar-refractivity contribution in [3.63, 3.8) is 0 Å². The standard InChI is InChI=1S/C20H20FN6O2P/c1-11-14-6-13(21)5-4-12(14)9-30(3,28)10-16-18(17(7-22)27(2)26-16)15-8-24-19(23)20(25-15)29-11/h4-6,8,11H,9-10H2,1-3H3,(H2,23,24)/t11-,30?/m1/s1. The van der Waals surface area contributed by atoms with E-state index in [-0.39, 0.29) is 29.7 Å². The van der Waals surface area contributed by atoms with E-state index in [0.717, 1.165) is 5.56 Å². The Morgan fingerprint density at radius 2 is 2.17 bits per heavy atom. The van der Waals surface area contributed by atoms with Crippen molar-refractivity contribution < 1.29 is 13.7 Å². The SMILES string of the molecule is C[C@H]1Oc2nc(cnc2N)-c2c(nn(C)c2C#N)CP(C)(=O)Cc2ccc(F)cc21. The van der Waals surface area contributed by atoms with Crippen LogP contribution in [0.4, 0.5) is 10.2 Å². The van der Waals surface area contributed by atoms with E-state index in [4.69, 9.17) is 10.5 Å². The number of benzene rings is 1. The van der Waals surface area contributed by atoms with Gasteiger partial charge in [0.15, 0.2) is 5.82 Å². The highest BCUT2D eigenvalue weighted by Crippen LogP contribution is 2.51. The van der Waals surface area contributed by atoms with Crippen LogP contribution in [0.1, 0.15) is 35.5 Å². The highest BCUT2D eigenvalue weighted by Gasteiger charge is 2.29. The number of nitriles is 1. The van der Waals surface area contributed by atoms with E-state index in [0.29, 0.717) is 22.5 Å². The van der Waals surface area contributed by atoms with Crippen molar-refractivity contribution in [1.29, 1.82) is 5.26 Å². The van der Waals surface area contributed by atoms with Crippen LogP contribution < -0.4 is 10.5 Å². The first-order valence-electron chi connectivity index (χ1n) is 9.28. The predicted molar refractivity (Wildman–Crippen MR) is 110 cm³/mol. The number of aromatic nitrogens is 4. The molecule has 4 rings (SSSR count). The molecular weight excluding hydrogens is 406 g/mol. The topological polar surface area (TPSA) is 120 Å². The summed E-state index contributed by atoms with van der Waals surface area (Å²) in [6.07, 6.45) is 1.23. The van der Waals surface area contributed by atoms with Gasteiger partial charge in [0.2, 0.25) is 0 Å². The number of anilines is 1. The molecule has 0 amide bonds. The number of fused-ring (bicyclic) bond motifs is 5. The maximum Gasteiger partial charge on any atom is 0.258 e. The molecule has 1 unspecified atom stereocenters. The van der Waals surface area contributed by atoms with Gasteiger partial charge in [-0.3, -0.25) is 4.68 Å². The van der Waals surface area contributed by atoms with E-state index >= 15 is 0 Å². The number of nitrogen functional groups attached to an aromatic ring is 1. The average Bonchev–Trinajstić information content (AvgIpc) is 2.98. The van der Waals surface area contributed by atoms with Crippen LogP contribution >= 0.6 is 7.14 Å². The molecule has 0 radical (unpaired) electrons. The summed E-state index contributed by atoms with van der Waals surface area (Å²) < 4.78 is 34.9. The zero-order valence-corrected chi connectivity index (χ0v) is 17.7. The third kappa shape index (κ3) is 3.55. The second-order valence-corrected chi connectivity index (χ2v) is 10.8. The van der Waals surface area contributed by atoms with Gasteiger partial charge in [0.1, 0.15) is 23.7 Å². The van der Waals surface area contributed by atoms with Gasteiger partial charge in [0.05, 0.1) is 30.3 Å². The highest BCUT2D eigenvalue weighted by atomic mass is 31.2. The first-order chi connectivity index (χ1) is 14.2. The molecule has 0 fully saturated rings. The molecule has 0 aliphatic carbocycles. The Labute approximate surface area is 172 Å². The van der Waals surface area contributed by atoms with Crippen molar-refractivity contribution in [1.82, 2.24) is 19.7 Å². The summed E-state index contributed by atoms with van der Waals surface area (Å²) in [7, 11) is -1.16. The lowest BCUT2D eigenvalue weighted by Crippen LogP contribution is -2.11. The third-order valence-electron chi connectivity index (χ3n) is 5.07. The zero-order chi connectivity index (χ0) is 21.6. The van der Waals surface area contributed by atoms with E-state index in [9.17, 15) is 14.2 Å². The van der Waals surface area contributed by atoms with Crippen LogP contribution in [0.5, 0.6) is 5.88 Å². The monoisotopic (exact) mass is 426 g/mol. The van der Waals surface area contributed by atoms with E-state index in [1.54, 1.807) is 26.7 Å². The number of hydrogen-bond donors (Lipinski definition) is 1. The number of hydrogen-bond acceptors (Lipinski definition) is 7. The number of nitrogens with zero attached hydrogens (tertiary/aromatic N) is 5. The van der Waals surface area contributed by atoms with Crippen molar-refractivity contribution in [2.75, 3.05) is 12.4 Å². The molecule has 2 atom stereocenters. The molecule has 1 aliphatic rings. The Morgan fingerprint density at radius 1 is 1.40 bits per heavy atom. The van der Waals surface area contributed by atoms with E-state index in [1.807, 2.05) is 0 Å². The molecule has 2 aromatic heterocycles. The second kappa shape index (κ2) is 7.22. The number of rotatable bonds is 0. The summed E-state index contributed by atoms with van der Waals surface area (Å²) >= 11 is 0. The number of aryl methyl sites for hydroxylation is 1. The third-order valence-corrected chi connectivity index (χ3v) is 7.05. The van der Waals surface area contributed by atoms with Gasteiger partial charge in [-0.15, -0.1) is 0 Å². The molecule has 10 heteroatoms. The van der Waals surface area contributed by atoms with E-state index in [1.165, 1.54) is 23.0 Å². The number of halogens is 1. The van der Waals surface area contributed by atoms with E-state index in [2.05, 4.69) is 21.1 Å². The fourth-order valence-corrected chi connectivity index (χ4v) is 5.70. The summed E-state index contributed by atoms with van der Waals surface area (Å²) in [5, 5.41) is 14.1.